The van der Waals surface area contributed by atoms with E-state index in [2.05, 4.69) is 0 Å². The quantitative estimate of drug-likeness (QED) is 0.900. The van der Waals surface area contributed by atoms with Gasteiger partial charge in [0.1, 0.15) is 0 Å². The number of aliphatic hydroxyl groups is 1. The summed E-state index contributed by atoms with van der Waals surface area (Å²) in [6, 6.07) is 7.48. The Morgan fingerprint density at radius 3 is 2.90 bits per heavy atom. The molecule has 1 fully saturated rings. The first-order valence-corrected chi connectivity index (χ1v) is 9.45. The predicted octanol–water partition coefficient (Wildman–Crippen LogP) is 2.31. The van der Waals surface area contributed by atoms with Crippen molar-refractivity contribution >= 4 is 21.6 Å². The monoisotopic (exact) mass is 331 g/mol. The summed E-state index contributed by atoms with van der Waals surface area (Å²) in [5.74, 6) is 0.225. The van der Waals surface area contributed by atoms with E-state index in [0.717, 1.165) is 18.4 Å². The van der Waals surface area contributed by atoms with E-state index in [0.29, 0.717) is 31.0 Å². The molecule has 2 unspecified atom stereocenters. The number of sulfonamides is 1. The number of aliphatic hydroxyl groups excluding tert-OH is 1. The zero-order valence-corrected chi connectivity index (χ0v) is 13.8. The smallest absolute Gasteiger partial charge is 0.211 e. The van der Waals surface area contributed by atoms with Crippen molar-refractivity contribution in [2.75, 3.05) is 19.3 Å². The van der Waals surface area contributed by atoms with Gasteiger partial charge in [-0.1, -0.05) is 23.7 Å². The van der Waals surface area contributed by atoms with E-state index in [1.165, 1.54) is 10.6 Å². The van der Waals surface area contributed by atoms with Crippen molar-refractivity contribution in [1.29, 1.82) is 0 Å². The van der Waals surface area contributed by atoms with Gasteiger partial charge in [0.25, 0.3) is 0 Å². The first-order chi connectivity index (χ1) is 9.84. The molecule has 118 valence electrons. The van der Waals surface area contributed by atoms with E-state index in [1.807, 2.05) is 24.3 Å². The molecule has 1 aromatic rings. The van der Waals surface area contributed by atoms with Crippen LogP contribution >= 0.6 is 11.6 Å². The molecule has 1 aliphatic heterocycles. The van der Waals surface area contributed by atoms with Gasteiger partial charge in [-0.2, -0.15) is 0 Å². The zero-order valence-electron chi connectivity index (χ0n) is 12.2. The molecule has 0 spiro atoms. The molecule has 4 nitrogen and oxygen atoms in total. The molecule has 0 saturated carbocycles. The maximum Gasteiger partial charge on any atom is 0.211 e. The molecule has 1 aromatic carbocycles. The Labute approximate surface area is 131 Å². The minimum atomic E-state index is -3.12. The van der Waals surface area contributed by atoms with Crippen LogP contribution in [-0.2, 0) is 16.4 Å². The predicted molar refractivity (Wildman–Crippen MR) is 84.9 cm³/mol. The molecule has 0 aliphatic carbocycles. The van der Waals surface area contributed by atoms with Crippen molar-refractivity contribution in [3.05, 3.63) is 34.9 Å². The Bertz CT molecular complexity index is 576. The highest BCUT2D eigenvalue weighted by Gasteiger charge is 2.27. The van der Waals surface area contributed by atoms with Crippen LogP contribution in [0, 0.1) is 5.92 Å². The molecule has 2 atom stereocenters. The number of nitrogens with zero attached hydrogens (tertiary/aromatic N) is 1. The van der Waals surface area contributed by atoms with Gasteiger partial charge in [-0.25, -0.2) is 12.7 Å². The summed E-state index contributed by atoms with van der Waals surface area (Å²) < 4.78 is 24.7. The molecule has 1 heterocycles. The highest BCUT2D eigenvalue weighted by atomic mass is 35.5. The third-order valence-electron chi connectivity index (χ3n) is 3.92. The maximum atomic E-state index is 11.6. The van der Waals surface area contributed by atoms with E-state index in [-0.39, 0.29) is 5.92 Å². The summed E-state index contributed by atoms with van der Waals surface area (Å²) in [5.41, 5.74) is 1.01. The van der Waals surface area contributed by atoms with Gasteiger partial charge >= 0.3 is 0 Å². The third-order valence-corrected chi connectivity index (χ3v) is 5.42. The van der Waals surface area contributed by atoms with Crippen LogP contribution in [0.3, 0.4) is 0 Å². The molecule has 0 aromatic heterocycles. The van der Waals surface area contributed by atoms with Crippen LogP contribution in [0.1, 0.15) is 24.8 Å². The van der Waals surface area contributed by atoms with Crippen molar-refractivity contribution < 1.29 is 13.5 Å². The lowest BCUT2D eigenvalue weighted by molar-refractivity contribution is 0.122. The lowest BCUT2D eigenvalue weighted by atomic mass is 9.91. The first kappa shape index (κ1) is 16.7. The number of hydrogen-bond donors (Lipinski definition) is 1. The molecular formula is C15H22ClNO3S. The molecule has 21 heavy (non-hydrogen) atoms. The van der Waals surface area contributed by atoms with Crippen LogP contribution in [0.4, 0.5) is 0 Å². The highest BCUT2D eigenvalue weighted by molar-refractivity contribution is 7.88. The SMILES string of the molecule is CS(=O)(=O)N1CCCC(CC(O)Cc2cccc(Cl)c2)C1. The van der Waals surface area contributed by atoms with Crippen molar-refractivity contribution in [3.8, 4) is 0 Å². The van der Waals surface area contributed by atoms with Gasteiger partial charge < -0.3 is 5.11 Å². The van der Waals surface area contributed by atoms with Gasteiger partial charge in [0.05, 0.1) is 12.4 Å². The molecule has 0 amide bonds. The van der Waals surface area contributed by atoms with Crippen LogP contribution in [0.25, 0.3) is 0 Å². The molecule has 0 bridgehead atoms. The Kier molecular flexibility index (Phi) is 5.66. The summed E-state index contributed by atoms with van der Waals surface area (Å²) in [7, 11) is -3.12. The normalized spacial score (nSPS) is 22.1. The van der Waals surface area contributed by atoms with Gasteiger partial charge in [0.15, 0.2) is 0 Å². The van der Waals surface area contributed by atoms with Crippen LogP contribution < -0.4 is 0 Å². The summed E-state index contributed by atoms with van der Waals surface area (Å²) in [6.07, 6.45) is 3.79. The Hall–Kier alpha value is -0.620. The van der Waals surface area contributed by atoms with Crippen molar-refractivity contribution in [2.45, 2.75) is 31.8 Å². The summed E-state index contributed by atoms with van der Waals surface area (Å²) in [4.78, 5) is 0. The fourth-order valence-corrected chi connectivity index (χ4v) is 4.08. The molecule has 2 rings (SSSR count). The van der Waals surface area contributed by atoms with Gasteiger partial charge in [-0.05, 0) is 49.3 Å². The molecule has 1 N–H and O–H groups in total. The average molecular weight is 332 g/mol. The zero-order chi connectivity index (χ0) is 15.5. The fraction of sp³-hybridized carbons (Fsp3) is 0.600. The third kappa shape index (κ3) is 5.25. The molecular weight excluding hydrogens is 310 g/mol. The molecule has 1 aliphatic rings. The van der Waals surface area contributed by atoms with Crippen molar-refractivity contribution in [1.82, 2.24) is 4.31 Å². The second-order valence-electron chi connectivity index (χ2n) is 5.85. The number of halogens is 1. The minimum absolute atomic E-state index is 0.225. The van der Waals surface area contributed by atoms with Crippen molar-refractivity contribution in [3.63, 3.8) is 0 Å². The number of piperidine rings is 1. The Morgan fingerprint density at radius 2 is 2.24 bits per heavy atom. The van der Waals surface area contributed by atoms with E-state index in [1.54, 1.807) is 0 Å². The fourth-order valence-electron chi connectivity index (χ4n) is 2.92. The topological polar surface area (TPSA) is 57.6 Å². The Balaban J connectivity index is 1.89. The molecule has 0 radical (unpaired) electrons. The standard InChI is InChI=1S/C15H22ClNO3S/c1-21(19,20)17-7-3-5-13(11-17)10-15(18)9-12-4-2-6-14(16)8-12/h2,4,6,8,13,15,18H,3,5,7,9-11H2,1H3. The lowest BCUT2D eigenvalue weighted by Crippen LogP contribution is -2.40. The second-order valence-corrected chi connectivity index (χ2v) is 8.27. The average Bonchev–Trinajstić information content (AvgIpc) is 2.37. The van der Waals surface area contributed by atoms with E-state index in [4.69, 9.17) is 11.6 Å². The summed E-state index contributed by atoms with van der Waals surface area (Å²) in [6.45, 7) is 1.12. The number of hydrogen-bond acceptors (Lipinski definition) is 3. The van der Waals surface area contributed by atoms with Crippen LogP contribution in [0.2, 0.25) is 5.02 Å². The van der Waals surface area contributed by atoms with Crippen LogP contribution in [-0.4, -0.2) is 43.3 Å². The minimum Gasteiger partial charge on any atom is -0.393 e. The maximum absolute atomic E-state index is 11.6. The second kappa shape index (κ2) is 7.09. The summed E-state index contributed by atoms with van der Waals surface area (Å²) >= 11 is 5.93. The van der Waals surface area contributed by atoms with Gasteiger partial charge in [0, 0.05) is 18.1 Å². The Morgan fingerprint density at radius 1 is 1.48 bits per heavy atom. The number of benzene rings is 1. The number of rotatable bonds is 5. The van der Waals surface area contributed by atoms with Gasteiger partial charge in [-0.3, -0.25) is 0 Å². The van der Waals surface area contributed by atoms with Gasteiger partial charge in [0.2, 0.25) is 10.0 Å². The van der Waals surface area contributed by atoms with E-state index in [9.17, 15) is 13.5 Å². The molecule has 6 heteroatoms. The van der Waals surface area contributed by atoms with Gasteiger partial charge in [-0.15, -0.1) is 0 Å². The summed E-state index contributed by atoms with van der Waals surface area (Å²) in [5, 5.41) is 10.9. The van der Waals surface area contributed by atoms with Crippen LogP contribution in [0.5, 0.6) is 0 Å². The van der Waals surface area contributed by atoms with E-state index >= 15 is 0 Å². The largest absolute Gasteiger partial charge is 0.393 e. The van der Waals surface area contributed by atoms with Crippen LogP contribution in [0.15, 0.2) is 24.3 Å². The first-order valence-electron chi connectivity index (χ1n) is 7.22. The molecule has 1 saturated heterocycles. The highest BCUT2D eigenvalue weighted by Crippen LogP contribution is 2.24. The van der Waals surface area contributed by atoms with Crippen molar-refractivity contribution in [2.24, 2.45) is 5.92 Å². The lowest BCUT2D eigenvalue weighted by Gasteiger charge is -2.32. The van der Waals surface area contributed by atoms with E-state index < -0.39 is 16.1 Å².